The van der Waals surface area contributed by atoms with Gasteiger partial charge in [-0.15, -0.1) is 0 Å². The molecule has 0 aliphatic carbocycles. The van der Waals surface area contributed by atoms with Crippen molar-refractivity contribution in [3.8, 4) is 0 Å². The van der Waals surface area contributed by atoms with Crippen LogP contribution in [0, 0.1) is 0 Å². The molecule has 2 heterocycles. The van der Waals surface area contributed by atoms with Crippen molar-refractivity contribution in [3.05, 3.63) is 48.0 Å². The highest BCUT2D eigenvalue weighted by molar-refractivity contribution is 6.88. The lowest BCUT2D eigenvalue weighted by Crippen LogP contribution is -2.37. The molecule has 0 radical (unpaired) electrons. The standard InChI is InChI=1S/C16H23N3Si/c1-20(2,3)15-6-4-14(5-7-15)12-18-10-11-19-9-8-17-16(19)13-18/h4-9H,10-13H2,1-3H3. The fourth-order valence-electron chi connectivity index (χ4n) is 2.73. The summed E-state index contributed by atoms with van der Waals surface area (Å²) in [7, 11) is -1.17. The van der Waals surface area contributed by atoms with E-state index < -0.39 is 8.07 Å². The Bertz CT molecular complexity index is 581. The highest BCUT2D eigenvalue weighted by atomic mass is 28.3. The molecule has 2 aromatic rings. The summed E-state index contributed by atoms with van der Waals surface area (Å²) in [6, 6.07) is 9.25. The Morgan fingerprint density at radius 1 is 1.10 bits per heavy atom. The van der Waals surface area contributed by atoms with Crippen molar-refractivity contribution < 1.29 is 0 Å². The molecule has 0 saturated heterocycles. The molecule has 0 bridgehead atoms. The lowest BCUT2D eigenvalue weighted by molar-refractivity contribution is 0.209. The topological polar surface area (TPSA) is 21.1 Å². The van der Waals surface area contributed by atoms with Crippen LogP contribution in [-0.2, 0) is 19.6 Å². The van der Waals surface area contributed by atoms with Gasteiger partial charge in [0.25, 0.3) is 0 Å². The number of hydrogen-bond acceptors (Lipinski definition) is 2. The molecule has 20 heavy (non-hydrogen) atoms. The van der Waals surface area contributed by atoms with Gasteiger partial charge in [-0.1, -0.05) is 49.1 Å². The predicted octanol–water partition coefficient (Wildman–Crippen LogP) is 2.44. The van der Waals surface area contributed by atoms with Gasteiger partial charge in [0.1, 0.15) is 5.82 Å². The van der Waals surface area contributed by atoms with Crippen LogP contribution in [0.15, 0.2) is 36.7 Å². The van der Waals surface area contributed by atoms with E-state index in [-0.39, 0.29) is 0 Å². The summed E-state index contributed by atoms with van der Waals surface area (Å²) in [5.74, 6) is 1.19. The minimum absolute atomic E-state index is 0.961. The van der Waals surface area contributed by atoms with E-state index in [1.807, 2.05) is 6.20 Å². The zero-order valence-corrected chi connectivity index (χ0v) is 13.6. The lowest BCUT2D eigenvalue weighted by atomic mass is 10.2. The minimum atomic E-state index is -1.17. The fourth-order valence-corrected chi connectivity index (χ4v) is 3.89. The summed E-state index contributed by atoms with van der Waals surface area (Å²) in [6.07, 6.45) is 3.98. The molecule has 0 amide bonds. The van der Waals surface area contributed by atoms with Crippen LogP contribution in [0.5, 0.6) is 0 Å². The average Bonchev–Trinajstić information content (AvgIpc) is 2.86. The number of aromatic nitrogens is 2. The molecule has 3 nitrogen and oxygen atoms in total. The Morgan fingerprint density at radius 3 is 2.55 bits per heavy atom. The van der Waals surface area contributed by atoms with E-state index in [1.165, 1.54) is 16.6 Å². The van der Waals surface area contributed by atoms with Crippen LogP contribution in [-0.4, -0.2) is 29.1 Å². The maximum Gasteiger partial charge on any atom is 0.122 e. The molecule has 0 spiro atoms. The number of hydrogen-bond donors (Lipinski definition) is 0. The molecule has 0 N–H and O–H groups in total. The van der Waals surface area contributed by atoms with Crippen LogP contribution in [0.1, 0.15) is 11.4 Å². The van der Waals surface area contributed by atoms with Crippen molar-refractivity contribution in [2.45, 2.75) is 39.3 Å². The summed E-state index contributed by atoms with van der Waals surface area (Å²) in [6.45, 7) is 11.3. The minimum Gasteiger partial charge on any atom is -0.333 e. The van der Waals surface area contributed by atoms with E-state index in [1.54, 1.807) is 0 Å². The first-order valence-electron chi connectivity index (χ1n) is 7.34. The van der Waals surface area contributed by atoms with Crippen molar-refractivity contribution >= 4 is 13.3 Å². The van der Waals surface area contributed by atoms with Gasteiger partial charge in [0.05, 0.1) is 14.6 Å². The summed E-state index contributed by atoms with van der Waals surface area (Å²) >= 11 is 0. The largest absolute Gasteiger partial charge is 0.333 e. The Balaban J connectivity index is 1.67. The summed E-state index contributed by atoms with van der Waals surface area (Å²) in [5.41, 5.74) is 1.41. The number of fused-ring (bicyclic) bond motifs is 1. The van der Waals surface area contributed by atoms with Gasteiger partial charge in [0.2, 0.25) is 0 Å². The monoisotopic (exact) mass is 285 g/mol. The van der Waals surface area contributed by atoms with Gasteiger partial charge >= 0.3 is 0 Å². The maximum atomic E-state index is 4.42. The van der Waals surface area contributed by atoms with Crippen LogP contribution in [0.2, 0.25) is 19.6 Å². The Hall–Kier alpha value is -1.39. The molecular weight excluding hydrogens is 262 g/mol. The van der Waals surface area contributed by atoms with Gasteiger partial charge in [-0.3, -0.25) is 4.90 Å². The molecule has 3 rings (SSSR count). The molecule has 0 atom stereocenters. The Kier molecular flexibility index (Phi) is 3.52. The Morgan fingerprint density at radius 2 is 1.85 bits per heavy atom. The van der Waals surface area contributed by atoms with E-state index in [2.05, 4.69) is 64.6 Å². The van der Waals surface area contributed by atoms with Crippen molar-refractivity contribution in [1.82, 2.24) is 14.5 Å². The number of rotatable bonds is 3. The quantitative estimate of drug-likeness (QED) is 0.808. The highest BCUT2D eigenvalue weighted by Gasteiger charge is 2.18. The SMILES string of the molecule is C[Si](C)(C)c1ccc(CN2CCn3ccnc3C2)cc1. The molecule has 1 aliphatic rings. The third-order valence-electron chi connectivity index (χ3n) is 4.05. The van der Waals surface area contributed by atoms with Crippen molar-refractivity contribution in [2.24, 2.45) is 0 Å². The zero-order chi connectivity index (χ0) is 14.2. The number of nitrogens with zero attached hydrogens (tertiary/aromatic N) is 3. The van der Waals surface area contributed by atoms with E-state index in [9.17, 15) is 0 Å². The predicted molar refractivity (Wildman–Crippen MR) is 85.8 cm³/mol. The van der Waals surface area contributed by atoms with Crippen LogP contribution in [0.3, 0.4) is 0 Å². The molecule has 0 saturated carbocycles. The second-order valence-corrected chi connectivity index (χ2v) is 11.8. The van der Waals surface area contributed by atoms with E-state index in [4.69, 9.17) is 0 Å². The van der Waals surface area contributed by atoms with Crippen LogP contribution in [0.25, 0.3) is 0 Å². The van der Waals surface area contributed by atoms with Crippen molar-refractivity contribution in [2.75, 3.05) is 6.54 Å². The van der Waals surface area contributed by atoms with Crippen molar-refractivity contribution in [1.29, 1.82) is 0 Å². The second kappa shape index (κ2) is 5.18. The molecule has 4 heteroatoms. The van der Waals surface area contributed by atoms with E-state index in [0.717, 1.165) is 26.2 Å². The third kappa shape index (κ3) is 2.86. The average molecular weight is 285 g/mol. The maximum absolute atomic E-state index is 4.42. The fraction of sp³-hybridized carbons (Fsp3) is 0.438. The highest BCUT2D eigenvalue weighted by Crippen LogP contribution is 2.14. The van der Waals surface area contributed by atoms with Gasteiger partial charge in [0.15, 0.2) is 0 Å². The molecule has 106 valence electrons. The summed E-state index contributed by atoms with van der Waals surface area (Å²) in [5, 5.41) is 1.54. The first-order chi connectivity index (χ1) is 9.52. The van der Waals surface area contributed by atoms with Gasteiger partial charge in [-0.2, -0.15) is 0 Å². The van der Waals surface area contributed by atoms with Crippen LogP contribution < -0.4 is 5.19 Å². The first kappa shape index (κ1) is 13.6. The molecule has 0 fully saturated rings. The third-order valence-corrected chi connectivity index (χ3v) is 6.12. The van der Waals surface area contributed by atoms with Crippen molar-refractivity contribution in [3.63, 3.8) is 0 Å². The lowest BCUT2D eigenvalue weighted by Gasteiger charge is -2.27. The van der Waals surface area contributed by atoms with Gasteiger partial charge < -0.3 is 4.57 Å². The molecule has 1 aromatic carbocycles. The van der Waals surface area contributed by atoms with E-state index in [0.29, 0.717) is 0 Å². The van der Waals surface area contributed by atoms with Gasteiger partial charge in [-0.25, -0.2) is 4.98 Å². The Labute approximate surface area is 122 Å². The van der Waals surface area contributed by atoms with Gasteiger partial charge in [0, 0.05) is 32.0 Å². The smallest absolute Gasteiger partial charge is 0.122 e. The molecule has 1 aliphatic heterocycles. The number of imidazole rings is 1. The second-order valence-electron chi connectivity index (χ2n) is 6.69. The van der Waals surface area contributed by atoms with Gasteiger partial charge in [-0.05, 0) is 5.56 Å². The number of benzene rings is 1. The zero-order valence-electron chi connectivity index (χ0n) is 12.6. The van der Waals surface area contributed by atoms with Crippen LogP contribution in [0.4, 0.5) is 0 Å². The first-order valence-corrected chi connectivity index (χ1v) is 10.8. The summed E-state index contributed by atoms with van der Waals surface area (Å²) < 4.78 is 2.25. The summed E-state index contributed by atoms with van der Waals surface area (Å²) in [4.78, 5) is 6.90. The van der Waals surface area contributed by atoms with E-state index >= 15 is 0 Å². The molecule has 0 unspecified atom stereocenters. The normalized spacial score (nSPS) is 16.1. The molecular formula is C16H23N3Si. The molecule has 1 aromatic heterocycles. The van der Waals surface area contributed by atoms with Crippen LogP contribution >= 0.6 is 0 Å².